The van der Waals surface area contributed by atoms with Crippen molar-refractivity contribution >= 4 is 40.8 Å². The SMILES string of the molecule is CSc1cnn(-c2ccc(Cl)c(Cl)c2)c1N. The van der Waals surface area contributed by atoms with Gasteiger partial charge in [-0.3, -0.25) is 0 Å². The molecule has 2 N–H and O–H groups in total. The van der Waals surface area contributed by atoms with Gasteiger partial charge >= 0.3 is 0 Å². The third-order valence-electron chi connectivity index (χ3n) is 2.14. The Hall–Kier alpha value is -0.840. The molecule has 0 spiro atoms. The molecule has 0 saturated heterocycles. The first-order valence-electron chi connectivity index (χ1n) is 4.46. The lowest BCUT2D eigenvalue weighted by atomic mass is 10.3. The van der Waals surface area contributed by atoms with Crippen molar-refractivity contribution in [2.75, 3.05) is 12.0 Å². The van der Waals surface area contributed by atoms with Gasteiger partial charge in [0.2, 0.25) is 0 Å². The highest BCUT2D eigenvalue weighted by Crippen LogP contribution is 2.28. The van der Waals surface area contributed by atoms with Crippen molar-refractivity contribution in [2.24, 2.45) is 0 Å². The van der Waals surface area contributed by atoms with Gasteiger partial charge in [-0.15, -0.1) is 11.8 Å². The molecule has 84 valence electrons. The molecule has 1 aromatic carbocycles. The predicted octanol–water partition coefficient (Wildman–Crippen LogP) is 3.48. The van der Waals surface area contributed by atoms with Gasteiger partial charge in [-0.05, 0) is 24.5 Å². The summed E-state index contributed by atoms with van der Waals surface area (Å²) in [5.74, 6) is 0.603. The summed E-state index contributed by atoms with van der Waals surface area (Å²) < 4.78 is 1.63. The smallest absolute Gasteiger partial charge is 0.140 e. The second kappa shape index (κ2) is 4.57. The third-order valence-corrected chi connectivity index (χ3v) is 3.63. The molecule has 0 atom stereocenters. The second-order valence-electron chi connectivity index (χ2n) is 3.11. The second-order valence-corrected chi connectivity index (χ2v) is 4.77. The number of hydrogen-bond donors (Lipinski definition) is 1. The summed E-state index contributed by atoms with van der Waals surface area (Å²) in [4.78, 5) is 0.936. The zero-order chi connectivity index (χ0) is 11.7. The highest BCUT2D eigenvalue weighted by molar-refractivity contribution is 7.98. The van der Waals surface area contributed by atoms with Crippen LogP contribution in [0.25, 0.3) is 5.69 Å². The van der Waals surface area contributed by atoms with Gasteiger partial charge in [0, 0.05) is 0 Å². The summed E-state index contributed by atoms with van der Waals surface area (Å²) in [6.07, 6.45) is 3.68. The Labute approximate surface area is 108 Å². The van der Waals surface area contributed by atoms with Gasteiger partial charge in [0.15, 0.2) is 0 Å². The van der Waals surface area contributed by atoms with Gasteiger partial charge in [-0.25, -0.2) is 4.68 Å². The van der Waals surface area contributed by atoms with E-state index in [2.05, 4.69) is 5.10 Å². The number of halogens is 2. The summed E-state index contributed by atoms with van der Waals surface area (Å²) in [6.45, 7) is 0. The highest BCUT2D eigenvalue weighted by atomic mass is 35.5. The zero-order valence-corrected chi connectivity index (χ0v) is 10.8. The quantitative estimate of drug-likeness (QED) is 0.852. The van der Waals surface area contributed by atoms with Crippen LogP contribution in [0.4, 0.5) is 5.82 Å². The molecule has 0 bridgehead atoms. The van der Waals surface area contributed by atoms with Crippen molar-refractivity contribution in [2.45, 2.75) is 4.90 Å². The van der Waals surface area contributed by atoms with E-state index in [9.17, 15) is 0 Å². The molecule has 1 aromatic heterocycles. The van der Waals surface area contributed by atoms with E-state index in [1.165, 1.54) is 0 Å². The Morgan fingerprint density at radius 1 is 1.31 bits per heavy atom. The van der Waals surface area contributed by atoms with E-state index >= 15 is 0 Å². The minimum atomic E-state index is 0.486. The molecular weight excluding hydrogens is 265 g/mol. The fraction of sp³-hybridized carbons (Fsp3) is 0.100. The predicted molar refractivity (Wildman–Crippen MR) is 69.8 cm³/mol. The lowest BCUT2D eigenvalue weighted by Gasteiger charge is -2.05. The monoisotopic (exact) mass is 273 g/mol. The fourth-order valence-electron chi connectivity index (χ4n) is 1.32. The Bertz CT molecular complexity index is 525. The molecule has 6 heteroatoms. The third kappa shape index (κ3) is 2.00. The average molecular weight is 274 g/mol. The first-order chi connectivity index (χ1) is 7.63. The summed E-state index contributed by atoms with van der Waals surface area (Å²) in [5, 5.41) is 5.20. The van der Waals surface area contributed by atoms with Crippen LogP contribution in [0.3, 0.4) is 0 Å². The normalized spacial score (nSPS) is 10.7. The number of hydrogen-bond acceptors (Lipinski definition) is 3. The van der Waals surface area contributed by atoms with Crippen molar-refractivity contribution in [3.05, 3.63) is 34.4 Å². The molecule has 16 heavy (non-hydrogen) atoms. The van der Waals surface area contributed by atoms with E-state index in [0.717, 1.165) is 10.6 Å². The lowest BCUT2D eigenvalue weighted by Crippen LogP contribution is -2.01. The minimum absolute atomic E-state index is 0.486. The lowest BCUT2D eigenvalue weighted by molar-refractivity contribution is 0.891. The molecule has 0 aliphatic rings. The zero-order valence-electron chi connectivity index (χ0n) is 8.45. The Balaban J connectivity index is 2.50. The van der Waals surface area contributed by atoms with Crippen LogP contribution in [0.1, 0.15) is 0 Å². The Kier molecular flexibility index (Phi) is 3.33. The first kappa shape index (κ1) is 11.6. The fourth-order valence-corrected chi connectivity index (χ4v) is 2.06. The number of thioether (sulfide) groups is 1. The Morgan fingerprint density at radius 2 is 2.06 bits per heavy atom. The topological polar surface area (TPSA) is 43.8 Å². The van der Waals surface area contributed by atoms with Gasteiger partial charge in [0.1, 0.15) is 5.82 Å². The van der Waals surface area contributed by atoms with Crippen LogP contribution in [0, 0.1) is 0 Å². The largest absolute Gasteiger partial charge is 0.383 e. The average Bonchev–Trinajstić information content (AvgIpc) is 2.64. The van der Waals surface area contributed by atoms with Crippen LogP contribution in [0.15, 0.2) is 29.3 Å². The van der Waals surface area contributed by atoms with Gasteiger partial charge in [0.25, 0.3) is 0 Å². The van der Waals surface area contributed by atoms with Gasteiger partial charge in [0.05, 0.1) is 26.8 Å². The number of rotatable bonds is 2. The van der Waals surface area contributed by atoms with Crippen molar-refractivity contribution in [3.8, 4) is 5.69 Å². The van der Waals surface area contributed by atoms with E-state index < -0.39 is 0 Å². The van der Waals surface area contributed by atoms with Crippen LogP contribution in [-0.4, -0.2) is 16.0 Å². The van der Waals surface area contributed by atoms with E-state index in [1.54, 1.807) is 34.8 Å². The minimum Gasteiger partial charge on any atom is -0.383 e. The summed E-state index contributed by atoms with van der Waals surface area (Å²) >= 11 is 13.3. The van der Waals surface area contributed by atoms with Crippen LogP contribution < -0.4 is 5.73 Å². The maximum Gasteiger partial charge on any atom is 0.140 e. The van der Waals surface area contributed by atoms with E-state index in [4.69, 9.17) is 28.9 Å². The van der Waals surface area contributed by atoms with E-state index in [-0.39, 0.29) is 0 Å². The number of benzene rings is 1. The van der Waals surface area contributed by atoms with Crippen LogP contribution in [-0.2, 0) is 0 Å². The molecule has 0 saturated carbocycles. The maximum absolute atomic E-state index is 5.94. The molecule has 0 fully saturated rings. The van der Waals surface area contributed by atoms with Crippen molar-refractivity contribution in [1.82, 2.24) is 9.78 Å². The summed E-state index contributed by atoms with van der Waals surface area (Å²) in [6, 6.07) is 5.28. The molecule has 1 heterocycles. The molecule has 0 radical (unpaired) electrons. The number of aromatic nitrogens is 2. The number of nitrogens with zero attached hydrogens (tertiary/aromatic N) is 2. The number of nitrogens with two attached hydrogens (primary N) is 1. The Morgan fingerprint density at radius 3 is 2.62 bits per heavy atom. The molecular formula is C10H9Cl2N3S. The van der Waals surface area contributed by atoms with Crippen LogP contribution >= 0.6 is 35.0 Å². The molecule has 0 aliphatic heterocycles. The molecule has 3 nitrogen and oxygen atoms in total. The highest BCUT2D eigenvalue weighted by Gasteiger charge is 2.09. The van der Waals surface area contributed by atoms with Crippen LogP contribution in [0.2, 0.25) is 10.0 Å². The first-order valence-corrected chi connectivity index (χ1v) is 6.44. The van der Waals surface area contributed by atoms with Crippen molar-refractivity contribution in [3.63, 3.8) is 0 Å². The standard InChI is InChI=1S/C10H9Cl2N3S/c1-16-9-5-14-15(10(9)13)6-2-3-7(11)8(12)4-6/h2-5H,13H2,1H3. The van der Waals surface area contributed by atoms with Crippen LogP contribution in [0.5, 0.6) is 0 Å². The summed E-state index contributed by atoms with van der Waals surface area (Å²) in [5.41, 5.74) is 6.74. The van der Waals surface area contributed by atoms with Crippen molar-refractivity contribution < 1.29 is 0 Å². The molecule has 0 aliphatic carbocycles. The van der Waals surface area contributed by atoms with E-state index in [0.29, 0.717) is 15.9 Å². The molecule has 0 unspecified atom stereocenters. The van der Waals surface area contributed by atoms with Crippen molar-refractivity contribution in [1.29, 1.82) is 0 Å². The molecule has 2 aromatic rings. The molecule has 0 amide bonds. The van der Waals surface area contributed by atoms with Gasteiger partial charge in [-0.1, -0.05) is 23.2 Å². The molecule has 2 rings (SSSR count). The maximum atomic E-state index is 5.94. The van der Waals surface area contributed by atoms with Gasteiger partial charge < -0.3 is 5.73 Å². The van der Waals surface area contributed by atoms with Gasteiger partial charge in [-0.2, -0.15) is 5.10 Å². The number of anilines is 1. The summed E-state index contributed by atoms with van der Waals surface area (Å²) in [7, 11) is 0. The van der Waals surface area contributed by atoms with E-state index in [1.807, 2.05) is 12.3 Å². The number of nitrogen functional groups attached to an aromatic ring is 1.